The van der Waals surface area contributed by atoms with Crippen molar-refractivity contribution in [1.29, 1.82) is 0 Å². The Labute approximate surface area is 154 Å². The molecular weight excluding hydrogens is 330 g/mol. The fourth-order valence-electron chi connectivity index (χ4n) is 3.11. The number of para-hydroxylation sites is 1. The second-order valence-electron chi connectivity index (χ2n) is 6.29. The Morgan fingerprint density at radius 2 is 2.04 bits per heavy atom. The number of urea groups is 1. The van der Waals surface area contributed by atoms with Crippen LogP contribution in [-0.4, -0.2) is 48.8 Å². The maximum absolute atomic E-state index is 12.3. The Bertz CT molecular complexity index is 700. The van der Waals surface area contributed by atoms with Crippen LogP contribution in [-0.2, 0) is 6.42 Å². The smallest absolute Gasteiger partial charge is 0.317 e. The van der Waals surface area contributed by atoms with Crippen molar-refractivity contribution in [2.75, 3.05) is 26.7 Å². The summed E-state index contributed by atoms with van der Waals surface area (Å²) in [7, 11) is 1.66. The van der Waals surface area contributed by atoms with Crippen LogP contribution >= 0.6 is 0 Å². The molecule has 6 nitrogen and oxygen atoms in total. The molecule has 0 radical (unpaired) electrons. The van der Waals surface area contributed by atoms with Gasteiger partial charge in [0, 0.05) is 38.7 Å². The Morgan fingerprint density at radius 1 is 1.23 bits per heavy atom. The van der Waals surface area contributed by atoms with Crippen molar-refractivity contribution >= 4 is 6.03 Å². The lowest BCUT2D eigenvalue weighted by Gasteiger charge is -2.32. The van der Waals surface area contributed by atoms with Crippen LogP contribution in [0.2, 0.25) is 0 Å². The Balaban J connectivity index is 1.39. The zero-order chi connectivity index (χ0) is 18.2. The van der Waals surface area contributed by atoms with E-state index in [9.17, 15) is 4.79 Å². The van der Waals surface area contributed by atoms with Gasteiger partial charge in [0.05, 0.1) is 13.3 Å². The number of piperidine rings is 1. The first kappa shape index (κ1) is 18.0. The van der Waals surface area contributed by atoms with Gasteiger partial charge < -0.3 is 19.7 Å². The molecule has 1 aromatic carbocycles. The average Bonchev–Trinajstić information content (AvgIpc) is 2.69. The number of hydrogen-bond acceptors (Lipinski definition) is 4. The van der Waals surface area contributed by atoms with Gasteiger partial charge in [0.2, 0.25) is 0 Å². The van der Waals surface area contributed by atoms with E-state index in [2.05, 4.69) is 10.3 Å². The zero-order valence-electron chi connectivity index (χ0n) is 15.1. The highest BCUT2D eigenvalue weighted by Gasteiger charge is 2.23. The number of nitrogens with zero attached hydrogens (tertiary/aromatic N) is 2. The summed E-state index contributed by atoms with van der Waals surface area (Å²) in [6.07, 6.45) is 5.98. The molecule has 2 amide bonds. The molecule has 1 aromatic heterocycles. The van der Waals surface area contributed by atoms with Gasteiger partial charge in [-0.2, -0.15) is 0 Å². The van der Waals surface area contributed by atoms with Gasteiger partial charge in [0.25, 0.3) is 0 Å². The highest BCUT2D eigenvalue weighted by atomic mass is 16.5. The van der Waals surface area contributed by atoms with Crippen LogP contribution in [0.4, 0.5) is 4.79 Å². The van der Waals surface area contributed by atoms with Crippen molar-refractivity contribution in [2.24, 2.45) is 0 Å². The minimum Gasteiger partial charge on any atom is -0.496 e. The summed E-state index contributed by atoms with van der Waals surface area (Å²) < 4.78 is 11.3. The number of carbonyl (C=O) groups is 1. The summed E-state index contributed by atoms with van der Waals surface area (Å²) in [4.78, 5) is 18.2. The first-order chi connectivity index (χ1) is 12.8. The van der Waals surface area contributed by atoms with Crippen molar-refractivity contribution in [3.63, 3.8) is 0 Å². The van der Waals surface area contributed by atoms with E-state index in [4.69, 9.17) is 9.47 Å². The second kappa shape index (κ2) is 9.08. The Kier molecular flexibility index (Phi) is 6.30. The maximum Gasteiger partial charge on any atom is 0.317 e. The molecule has 6 heteroatoms. The van der Waals surface area contributed by atoms with Gasteiger partial charge >= 0.3 is 6.03 Å². The van der Waals surface area contributed by atoms with Crippen LogP contribution in [0.1, 0.15) is 18.4 Å². The van der Waals surface area contributed by atoms with Crippen LogP contribution in [0, 0.1) is 0 Å². The van der Waals surface area contributed by atoms with E-state index in [0.717, 1.165) is 36.3 Å². The number of aromatic nitrogens is 1. The number of pyridine rings is 1. The van der Waals surface area contributed by atoms with Gasteiger partial charge in [-0.05, 0) is 30.2 Å². The Hall–Kier alpha value is -2.76. The molecule has 0 unspecified atom stereocenters. The van der Waals surface area contributed by atoms with Crippen molar-refractivity contribution in [2.45, 2.75) is 25.4 Å². The predicted octanol–water partition coefficient (Wildman–Crippen LogP) is 2.89. The molecule has 138 valence electrons. The average molecular weight is 355 g/mol. The highest BCUT2D eigenvalue weighted by Crippen LogP contribution is 2.19. The number of likely N-dealkylation sites (tertiary alicyclic amines) is 1. The molecular formula is C20H25N3O3. The molecule has 2 aromatic rings. The standard InChI is InChI=1S/C20H25N3O3/c1-25-19-7-3-2-5-16(19)8-12-22-20(24)23-13-9-17(10-14-23)26-18-6-4-11-21-15-18/h2-7,11,15,17H,8-10,12-14H2,1H3,(H,22,24). The van der Waals surface area contributed by atoms with E-state index in [-0.39, 0.29) is 12.1 Å². The molecule has 1 aliphatic rings. The maximum atomic E-state index is 12.3. The van der Waals surface area contributed by atoms with Crippen molar-refractivity contribution in [3.05, 3.63) is 54.4 Å². The van der Waals surface area contributed by atoms with E-state index in [0.29, 0.717) is 19.6 Å². The lowest BCUT2D eigenvalue weighted by atomic mass is 10.1. The third-order valence-corrected chi connectivity index (χ3v) is 4.53. The van der Waals surface area contributed by atoms with Crippen LogP contribution < -0.4 is 14.8 Å². The normalized spacial score (nSPS) is 14.7. The van der Waals surface area contributed by atoms with Crippen LogP contribution in [0.5, 0.6) is 11.5 Å². The monoisotopic (exact) mass is 355 g/mol. The predicted molar refractivity (Wildman–Crippen MR) is 99.6 cm³/mol. The fraction of sp³-hybridized carbons (Fsp3) is 0.400. The minimum atomic E-state index is -0.0141. The van der Waals surface area contributed by atoms with E-state index in [1.165, 1.54) is 0 Å². The van der Waals surface area contributed by atoms with Gasteiger partial charge in [0.1, 0.15) is 17.6 Å². The lowest BCUT2D eigenvalue weighted by molar-refractivity contribution is 0.111. The zero-order valence-corrected chi connectivity index (χ0v) is 15.1. The number of ether oxygens (including phenoxy) is 2. The van der Waals surface area contributed by atoms with Gasteiger partial charge in [-0.25, -0.2) is 4.79 Å². The highest BCUT2D eigenvalue weighted by molar-refractivity contribution is 5.74. The van der Waals surface area contributed by atoms with E-state index in [1.807, 2.05) is 41.3 Å². The number of methoxy groups -OCH3 is 1. The summed E-state index contributed by atoms with van der Waals surface area (Å²) in [5.41, 5.74) is 1.10. The SMILES string of the molecule is COc1ccccc1CCNC(=O)N1CCC(Oc2cccnc2)CC1. The molecule has 0 spiro atoms. The van der Waals surface area contributed by atoms with E-state index >= 15 is 0 Å². The molecule has 1 N–H and O–H groups in total. The van der Waals surface area contributed by atoms with Crippen molar-refractivity contribution in [1.82, 2.24) is 15.2 Å². The first-order valence-corrected chi connectivity index (χ1v) is 8.97. The second-order valence-corrected chi connectivity index (χ2v) is 6.29. The van der Waals surface area contributed by atoms with E-state index < -0.39 is 0 Å². The van der Waals surface area contributed by atoms with Crippen molar-refractivity contribution < 1.29 is 14.3 Å². The molecule has 0 bridgehead atoms. The third-order valence-electron chi connectivity index (χ3n) is 4.53. The molecule has 0 saturated carbocycles. The largest absolute Gasteiger partial charge is 0.496 e. The van der Waals surface area contributed by atoms with Gasteiger partial charge in [0.15, 0.2) is 0 Å². The van der Waals surface area contributed by atoms with Crippen molar-refractivity contribution in [3.8, 4) is 11.5 Å². The number of carbonyl (C=O) groups excluding carboxylic acids is 1. The molecule has 1 saturated heterocycles. The molecule has 1 fully saturated rings. The summed E-state index contributed by atoms with van der Waals surface area (Å²) in [6.45, 7) is 1.99. The molecule has 2 heterocycles. The van der Waals surface area contributed by atoms with E-state index in [1.54, 1.807) is 19.5 Å². The third kappa shape index (κ3) is 4.88. The van der Waals surface area contributed by atoms with Crippen LogP contribution in [0.25, 0.3) is 0 Å². The summed E-state index contributed by atoms with van der Waals surface area (Å²) in [5.74, 6) is 1.64. The number of amides is 2. The number of nitrogens with one attached hydrogen (secondary N) is 1. The lowest BCUT2D eigenvalue weighted by Crippen LogP contribution is -2.46. The Morgan fingerprint density at radius 3 is 2.77 bits per heavy atom. The van der Waals surface area contributed by atoms with Gasteiger partial charge in [-0.15, -0.1) is 0 Å². The fourth-order valence-corrected chi connectivity index (χ4v) is 3.11. The van der Waals surface area contributed by atoms with Gasteiger partial charge in [-0.1, -0.05) is 18.2 Å². The molecule has 0 atom stereocenters. The minimum absolute atomic E-state index is 0.0141. The topological polar surface area (TPSA) is 63.7 Å². The summed E-state index contributed by atoms with van der Waals surface area (Å²) in [6, 6.07) is 11.6. The van der Waals surface area contributed by atoms with Gasteiger partial charge in [-0.3, -0.25) is 4.98 Å². The summed E-state index contributed by atoms with van der Waals surface area (Å²) >= 11 is 0. The number of hydrogen-bond donors (Lipinski definition) is 1. The number of benzene rings is 1. The first-order valence-electron chi connectivity index (χ1n) is 8.97. The molecule has 3 rings (SSSR count). The summed E-state index contributed by atoms with van der Waals surface area (Å²) in [5, 5.41) is 3.00. The quantitative estimate of drug-likeness (QED) is 0.865. The van der Waals surface area contributed by atoms with Crippen LogP contribution in [0.3, 0.4) is 0 Å². The molecule has 26 heavy (non-hydrogen) atoms. The van der Waals surface area contributed by atoms with Crippen LogP contribution in [0.15, 0.2) is 48.8 Å². The molecule has 0 aliphatic carbocycles. The number of rotatable bonds is 6. The molecule has 1 aliphatic heterocycles.